The molecule has 4 heteroatoms. The number of methoxy groups -OCH3 is 1. The molecule has 19 heavy (non-hydrogen) atoms. The second-order valence-electron chi connectivity index (χ2n) is 5.62. The Morgan fingerprint density at radius 2 is 2.11 bits per heavy atom. The number of fused-ring (bicyclic) bond motifs is 2. The van der Waals surface area contributed by atoms with E-state index in [1.54, 1.807) is 6.07 Å². The first-order valence-electron chi connectivity index (χ1n) is 6.75. The summed E-state index contributed by atoms with van der Waals surface area (Å²) in [5.74, 6) is -0.0604. The van der Waals surface area contributed by atoms with Crippen molar-refractivity contribution in [1.82, 2.24) is 0 Å². The summed E-state index contributed by atoms with van der Waals surface area (Å²) >= 11 is 0. The summed E-state index contributed by atoms with van der Waals surface area (Å²) in [6, 6.07) is 4.58. The largest absolute Gasteiger partial charge is 0.494 e. The molecule has 0 aromatic heterocycles. The molecule has 1 aromatic carbocycles. The Hall–Kier alpha value is -1.42. The lowest BCUT2D eigenvalue weighted by Crippen LogP contribution is -2.40. The van der Waals surface area contributed by atoms with Crippen molar-refractivity contribution in [2.75, 3.05) is 7.11 Å². The van der Waals surface area contributed by atoms with Crippen molar-refractivity contribution in [3.63, 3.8) is 0 Å². The van der Waals surface area contributed by atoms with Crippen molar-refractivity contribution in [3.05, 3.63) is 29.6 Å². The van der Waals surface area contributed by atoms with Crippen LogP contribution in [0.15, 0.2) is 18.2 Å². The minimum Gasteiger partial charge on any atom is -0.494 e. The zero-order valence-electron chi connectivity index (χ0n) is 10.9. The van der Waals surface area contributed by atoms with Gasteiger partial charge in [-0.25, -0.2) is 4.39 Å². The predicted molar refractivity (Wildman–Crippen MR) is 69.6 cm³/mol. The second kappa shape index (κ2) is 4.60. The quantitative estimate of drug-likeness (QED) is 0.852. The van der Waals surface area contributed by atoms with E-state index in [0.717, 1.165) is 19.3 Å². The summed E-state index contributed by atoms with van der Waals surface area (Å²) in [6.07, 6.45) is 3.17. The van der Waals surface area contributed by atoms with Crippen LogP contribution in [0.25, 0.3) is 0 Å². The summed E-state index contributed by atoms with van der Waals surface area (Å²) in [5.41, 5.74) is 6.27. The summed E-state index contributed by atoms with van der Waals surface area (Å²) in [5, 5.41) is 0. The van der Waals surface area contributed by atoms with Gasteiger partial charge in [-0.3, -0.25) is 4.79 Å². The standard InChI is InChI=1S/C15H18FNO2/c1-19-11-4-2-3-10(13(11)16)15(18)12-8-5-6-9(7-8)14(12)17/h2-4,8-9,12,14H,5-7,17H2,1H3. The van der Waals surface area contributed by atoms with Crippen molar-refractivity contribution in [2.24, 2.45) is 23.5 Å². The SMILES string of the molecule is COc1cccc(C(=O)C2C3CCC(C3)C2N)c1F. The molecule has 0 spiro atoms. The van der Waals surface area contributed by atoms with E-state index in [2.05, 4.69) is 0 Å². The molecule has 2 fully saturated rings. The lowest BCUT2D eigenvalue weighted by atomic mass is 9.80. The van der Waals surface area contributed by atoms with Gasteiger partial charge >= 0.3 is 0 Å². The van der Waals surface area contributed by atoms with E-state index in [1.165, 1.54) is 19.2 Å². The molecule has 3 nitrogen and oxygen atoms in total. The van der Waals surface area contributed by atoms with E-state index in [1.807, 2.05) is 0 Å². The van der Waals surface area contributed by atoms with Crippen LogP contribution >= 0.6 is 0 Å². The summed E-state index contributed by atoms with van der Waals surface area (Å²) in [4.78, 5) is 12.6. The fourth-order valence-corrected chi connectivity index (χ4v) is 3.76. The Morgan fingerprint density at radius 3 is 2.74 bits per heavy atom. The van der Waals surface area contributed by atoms with E-state index >= 15 is 0 Å². The highest BCUT2D eigenvalue weighted by atomic mass is 19.1. The van der Waals surface area contributed by atoms with Crippen LogP contribution in [0.2, 0.25) is 0 Å². The zero-order valence-corrected chi connectivity index (χ0v) is 10.9. The van der Waals surface area contributed by atoms with E-state index < -0.39 is 5.82 Å². The molecule has 2 N–H and O–H groups in total. The molecule has 0 aliphatic heterocycles. The lowest BCUT2D eigenvalue weighted by Gasteiger charge is -2.27. The minimum atomic E-state index is -0.565. The maximum Gasteiger partial charge on any atom is 0.175 e. The molecule has 2 aliphatic carbocycles. The third-order valence-corrected chi connectivity index (χ3v) is 4.73. The molecule has 2 saturated carbocycles. The average molecular weight is 263 g/mol. The van der Waals surface area contributed by atoms with Crippen LogP contribution in [-0.2, 0) is 0 Å². The normalized spacial score (nSPS) is 32.6. The van der Waals surface area contributed by atoms with Gasteiger partial charge in [-0.1, -0.05) is 6.07 Å². The first kappa shape index (κ1) is 12.6. The zero-order chi connectivity index (χ0) is 13.6. The number of carbonyl (C=O) groups excluding carboxylic acids is 1. The number of halogens is 1. The van der Waals surface area contributed by atoms with Crippen molar-refractivity contribution >= 4 is 5.78 Å². The lowest BCUT2D eigenvalue weighted by molar-refractivity contribution is 0.0851. The van der Waals surface area contributed by atoms with Gasteiger partial charge in [0.25, 0.3) is 0 Å². The molecule has 2 aliphatic rings. The number of hydrogen-bond acceptors (Lipinski definition) is 3. The van der Waals surface area contributed by atoms with Crippen LogP contribution in [0.1, 0.15) is 29.6 Å². The monoisotopic (exact) mass is 263 g/mol. The first-order valence-corrected chi connectivity index (χ1v) is 6.75. The van der Waals surface area contributed by atoms with Crippen LogP contribution in [0.3, 0.4) is 0 Å². The van der Waals surface area contributed by atoms with Crippen LogP contribution in [-0.4, -0.2) is 18.9 Å². The highest BCUT2D eigenvalue weighted by molar-refractivity contribution is 5.99. The Bertz CT molecular complexity index is 515. The molecule has 4 atom stereocenters. The van der Waals surface area contributed by atoms with Crippen LogP contribution in [0, 0.1) is 23.6 Å². The van der Waals surface area contributed by atoms with Gasteiger partial charge in [0, 0.05) is 12.0 Å². The molecular weight excluding hydrogens is 245 g/mol. The molecule has 4 unspecified atom stereocenters. The van der Waals surface area contributed by atoms with Crippen molar-refractivity contribution in [3.8, 4) is 5.75 Å². The second-order valence-corrected chi connectivity index (χ2v) is 5.62. The highest BCUT2D eigenvalue weighted by Gasteiger charge is 2.49. The van der Waals surface area contributed by atoms with Crippen LogP contribution in [0.4, 0.5) is 4.39 Å². The molecule has 3 rings (SSSR count). The Labute approximate surface area is 111 Å². The van der Waals surface area contributed by atoms with Crippen LogP contribution < -0.4 is 10.5 Å². The van der Waals surface area contributed by atoms with Gasteiger partial charge in [0.1, 0.15) is 0 Å². The number of rotatable bonds is 3. The summed E-state index contributed by atoms with van der Waals surface area (Å²) < 4.78 is 19.1. The molecule has 0 heterocycles. The fourth-order valence-electron chi connectivity index (χ4n) is 3.76. The Kier molecular flexibility index (Phi) is 3.05. The molecule has 0 amide bonds. The van der Waals surface area contributed by atoms with Crippen molar-refractivity contribution < 1.29 is 13.9 Å². The van der Waals surface area contributed by atoms with E-state index in [0.29, 0.717) is 11.8 Å². The van der Waals surface area contributed by atoms with E-state index in [9.17, 15) is 9.18 Å². The van der Waals surface area contributed by atoms with Gasteiger partial charge in [0.15, 0.2) is 17.3 Å². The number of hydrogen-bond donors (Lipinski definition) is 1. The summed E-state index contributed by atoms with van der Waals surface area (Å²) in [6.45, 7) is 0. The summed E-state index contributed by atoms with van der Waals surface area (Å²) in [7, 11) is 1.40. The topological polar surface area (TPSA) is 52.3 Å². The maximum atomic E-state index is 14.2. The predicted octanol–water partition coefficient (Wildman–Crippen LogP) is 2.39. The number of Topliss-reactive ketones (excluding diaryl/α,β-unsaturated/α-hetero) is 1. The molecule has 1 aromatic rings. The minimum absolute atomic E-state index is 0.113. The molecular formula is C15H18FNO2. The van der Waals surface area contributed by atoms with Gasteiger partial charge < -0.3 is 10.5 Å². The smallest absolute Gasteiger partial charge is 0.175 e. The molecule has 0 saturated heterocycles. The van der Waals surface area contributed by atoms with Gasteiger partial charge in [-0.15, -0.1) is 0 Å². The molecule has 102 valence electrons. The molecule has 0 radical (unpaired) electrons. The highest BCUT2D eigenvalue weighted by Crippen LogP contribution is 2.48. The number of benzene rings is 1. The Morgan fingerprint density at radius 1 is 1.37 bits per heavy atom. The number of carbonyl (C=O) groups is 1. The Balaban J connectivity index is 1.93. The van der Waals surface area contributed by atoms with E-state index in [4.69, 9.17) is 10.5 Å². The van der Waals surface area contributed by atoms with E-state index in [-0.39, 0.29) is 29.1 Å². The van der Waals surface area contributed by atoms with Gasteiger partial charge in [0.2, 0.25) is 0 Å². The van der Waals surface area contributed by atoms with Crippen molar-refractivity contribution in [1.29, 1.82) is 0 Å². The first-order chi connectivity index (χ1) is 9.13. The van der Waals surface area contributed by atoms with Gasteiger partial charge in [-0.2, -0.15) is 0 Å². The number of nitrogens with two attached hydrogens (primary N) is 1. The fraction of sp³-hybridized carbons (Fsp3) is 0.533. The molecule has 2 bridgehead atoms. The van der Waals surface area contributed by atoms with Gasteiger partial charge in [0.05, 0.1) is 12.7 Å². The number of ether oxygens (including phenoxy) is 1. The number of ketones is 1. The van der Waals surface area contributed by atoms with Crippen molar-refractivity contribution in [2.45, 2.75) is 25.3 Å². The van der Waals surface area contributed by atoms with Crippen LogP contribution in [0.5, 0.6) is 5.75 Å². The van der Waals surface area contributed by atoms with Gasteiger partial charge in [-0.05, 0) is 43.2 Å². The maximum absolute atomic E-state index is 14.2. The third kappa shape index (κ3) is 1.86. The third-order valence-electron chi connectivity index (χ3n) is 4.73. The average Bonchev–Trinajstić information content (AvgIpc) is 2.99.